The summed E-state index contributed by atoms with van der Waals surface area (Å²) in [4.78, 5) is 0. The first-order valence-corrected chi connectivity index (χ1v) is 5.62. The third-order valence-electron chi connectivity index (χ3n) is 2.15. The molecule has 4 nitrogen and oxygen atoms in total. The van der Waals surface area contributed by atoms with Gasteiger partial charge in [-0.1, -0.05) is 0 Å². The monoisotopic (exact) mass is 242 g/mol. The van der Waals surface area contributed by atoms with Crippen LogP contribution in [0.1, 0.15) is 19.4 Å². The zero-order valence-corrected chi connectivity index (χ0v) is 10.2. The van der Waals surface area contributed by atoms with Gasteiger partial charge in [0.25, 0.3) is 0 Å². The Morgan fingerprint density at radius 2 is 1.82 bits per heavy atom. The second kappa shape index (κ2) is 7.39. The molecule has 0 saturated carbocycles. The maximum atomic E-state index is 13.0. The number of hydrogen-bond acceptors (Lipinski definition) is 3. The lowest BCUT2D eigenvalue weighted by Gasteiger charge is -2.12. The summed E-state index contributed by atoms with van der Waals surface area (Å²) in [6, 6.07) is 4.38. The van der Waals surface area contributed by atoms with Gasteiger partial charge in [-0.15, -0.1) is 0 Å². The van der Waals surface area contributed by atoms with E-state index in [1.165, 1.54) is 12.1 Å². The van der Waals surface area contributed by atoms with Crippen LogP contribution in [0, 0.1) is 5.82 Å². The minimum atomic E-state index is -0.715. The lowest BCUT2D eigenvalue weighted by Crippen LogP contribution is -2.41. The van der Waals surface area contributed by atoms with Gasteiger partial charge in [0.2, 0.25) is 0 Å². The Bertz CT molecular complexity index is 345. The van der Waals surface area contributed by atoms with Crippen LogP contribution in [0.2, 0.25) is 0 Å². The lowest BCUT2D eigenvalue weighted by molar-refractivity contribution is -0.256. The fourth-order valence-electron chi connectivity index (χ4n) is 1.30. The normalized spacial score (nSPS) is 10.6. The predicted molar refractivity (Wildman–Crippen MR) is 62.7 cm³/mol. The molecule has 17 heavy (non-hydrogen) atoms. The Kier molecular flexibility index (Phi) is 6.14. The van der Waals surface area contributed by atoms with Gasteiger partial charge < -0.3 is 19.7 Å². The maximum Gasteiger partial charge on any atom is 0.639 e. The van der Waals surface area contributed by atoms with Crippen molar-refractivity contribution in [1.82, 2.24) is 0 Å². The van der Waals surface area contributed by atoms with E-state index in [1.807, 2.05) is 13.8 Å². The highest BCUT2D eigenvalue weighted by atomic mass is 19.1. The van der Waals surface area contributed by atoms with Crippen LogP contribution in [0.25, 0.3) is 0 Å². The topological polar surface area (TPSA) is 55.3 Å². The second-order valence-corrected chi connectivity index (χ2v) is 3.42. The number of benzene rings is 1. The summed E-state index contributed by atoms with van der Waals surface area (Å²) in [5.41, 5.74) is 5.23. The van der Waals surface area contributed by atoms with Gasteiger partial charge in [-0.05, 0) is 26.0 Å². The third-order valence-corrected chi connectivity index (χ3v) is 2.15. The highest BCUT2D eigenvalue weighted by Gasteiger charge is 2.20. The zero-order chi connectivity index (χ0) is 12.7. The van der Waals surface area contributed by atoms with E-state index >= 15 is 0 Å². The van der Waals surface area contributed by atoms with Crippen molar-refractivity contribution in [2.75, 3.05) is 13.2 Å². The fourth-order valence-corrected chi connectivity index (χ4v) is 1.30. The van der Waals surface area contributed by atoms with E-state index in [0.717, 1.165) is 5.69 Å². The number of halogens is 1. The summed E-state index contributed by atoms with van der Waals surface area (Å²) in [5.74, 6) is -0.305. The molecule has 94 valence electrons. The Hall–Kier alpha value is -0.945. The lowest BCUT2D eigenvalue weighted by atomic mass is 10.1. The Balaban J connectivity index is 2.55. The molecule has 0 heterocycles. The molecule has 3 N–H and O–H groups in total. The van der Waals surface area contributed by atoms with Gasteiger partial charge in [0.1, 0.15) is 11.5 Å². The van der Waals surface area contributed by atoms with Crippen molar-refractivity contribution in [2.24, 2.45) is 0 Å². The quantitative estimate of drug-likeness (QED) is 0.732. The summed E-state index contributed by atoms with van der Waals surface area (Å²) in [5, 5.41) is 0. The molecule has 6 heteroatoms. The molecule has 0 unspecified atom stereocenters. The van der Waals surface area contributed by atoms with Crippen molar-refractivity contribution in [3.8, 4) is 0 Å². The average Bonchev–Trinajstić information content (AvgIpc) is 2.30. The van der Waals surface area contributed by atoms with E-state index in [-0.39, 0.29) is 12.4 Å². The van der Waals surface area contributed by atoms with E-state index in [4.69, 9.17) is 14.0 Å². The molecule has 0 radical (unpaired) electrons. The van der Waals surface area contributed by atoms with Gasteiger partial charge in [-0.3, -0.25) is 0 Å². The standard InChI is InChI=1S/C11H17BFNO3/c1-3-15-12(16-4-2)17-8-9-7-10(13)5-6-11(9)14/h5-7H,3-4,8,14H2,1-2H3/p+1. The summed E-state index contributed by atoms with van der Waals surface area (Å²) in [6.07, 6.45) is 0. The first-order valence-electron chi connectivity index (χ1n) is 5.62. The van der Waals surface area contributed by atoms with Crippen LogP contribution in [-0.2, 0) is 20.6 Å². The molecule has 0 fully saturated rings. The van der Waals surface area contributed by atoms with Gasteiger partial charge in [0, 0.05) is 24.8 Å². The van der Waals surface area contributed by atoms with Gasteiger partial charge in [0.05, 0.1) is 6.61 Å². The van der Waals surface area contributed by atoms with Crippen LogP contribution < -0.4 is 5.73 Å². The van der Waals surface area contributed by atoms with Crippen LogP contribution in [0.4, 0.5) is 10.1 Å². The van der Waals surface area contributed by atoms with Gasteiger partial charge in [0.15, 0.2) is 0 Å². The van der Waals surface area contributed by atoms with Gasteiger partial charge in [-0.2, -0.15) is 0 Å². The van der Waals surface area contributed by atoms with E-state index in [2.05, 4.69) is 5.73 Å². The predicted octanol–water partition coefficient (Wildman–Crippen LogP) is 1.27. The summed E-state index contributed by atoms with van der Waals surface area (Å²) < 4.78 is 28.8. The highest BCUT2D eigenvalue weighted by molar-refractivity contribution is 6.36. The molecule has 0 bridgehead atoms. The zero-order valence-electron chi connectivity index (χ0n) is 10.2. The number of quaternary nitrogens is 1. The molecular formula is C11H18BFNO3+. The number of rotatable bonds is 7. The van der Waals surface area contributed by atoms with Gasteiger partial charge >= 0.3 is 7.32 Å². The second-order valence-electron chi connectivity index (χ2n) is 3.42. The molecule has 0 aliphatic heterocycles. The average molecular weight is 242 g/mol. The summed E-state index contributed by atoms with van der Waals surface area (Å²) >= 11 is 0. The van der Waals surface area contributed by atoms with Crippen molar-refractivity contribution < 1.29 is 24.1 Å². The van der Waals surface area contributed by atoms with Crippen molar-refractivity contribution in [3.05, 3.63) is 29.6 Å². The molecule has 1 aromatic rings. The van der Waals surface area contributed by atoms with E-state index in [0.29, 0.717) is 18.8 Å². The van der Waals surface area contributed by atoms with Crippen LogP contribution >= 0.6 is 0 Å². The van der Waals surface area contributed by atoms with Crippen LogP contribution in [0.5, 0.6) is 0 Å². The smallest absolute Gasteiger partial charge is 0.386 e. The van der Waals surface area contributed by atoms with Gasteiger partial charge in [-0.25, -0.2) is 4.39 Å². The first-order chi connectivity index (χ1) is 8.17. The van der Waals surface area contributed by atoms with E-state index in [1.54, 1.807) is 6.07 Å². The SMILES string of the molecule is CCOB(OCC)OCc1cc(F)ccc1[NH3+]. The van der Waals surface area contributed by atoms with Crippen molar-refractivity contribution in [1.29, 1.82) is 0 Å². The largest absolute Gasteiger partial charge is 0.639 e. The molecule has 0 atom stereocenters. The Morgan fingerprint density at radius 1 is 1.18 bits per heavy atom. The molecular weight excluding hydrogens is 224 g/mol. The van der Waals surface area contributed by atoms with Crippen molar-refractivity contribution in [3.63, 3.8) is 0 Å². The molecule has 0 amide bonds. The van der Waals surface area contributed by atoms with Crippen molar-refractivity contribution >= 4 is 13.0 Å². The molecule has 0 aliphatic rings. The first kappa shape index (κ1) is 14.1. The minimum absolute atomic E-state index is 0.210. The summed E-state index contributed by atoms with van der Waals surface area (Å²) in [6.45, 7) is 4.89. The molecule has 1 rings (SSSR count). The maximum absolute atomic E-state index is 13.0. The Labute approximate surface area is 101 Å². The highest BCUT2D eigenvalue weighted by Crippen LogP contribution is 2.13. The van der Waals surface area contributed by atoms with Crippen molar-refractivity contribution in [2.45, 2.75) is 20.5 Å². The molecule has 0 aliphatic carbocycles. The minimum Gasteiger partial charge on any atom is -0.386 e. The van der Waals surface area contributed by atoms with Crippen LogP contribution in [-0.4, -0.2) is 20.5 Å². The van der Waals surface area contributed by atoms with E-state index in [9.17, 15) is 4.39 Å². The summed E-state index contributed by atoms with van der Waals surface area (Å²) in [7, 11) is -0.715. The van der Waals surface area contributed by atoms with Crippen LogP contribution in [0.3, 0.4) is 0 Å². The number of hydrogen-bond donors (Lipinski definition) is 1. The molecule has 0 spiro atoms. The molecule has 0 saturated heterocycles. The van der Waals surface area contributed by atoms with E-state index < -0.39 is 7.32 Å². The molecule has 0 aromatic heterocycles. The molecule has 1 aromatic carbocycles. The van der Waals surface area contributed by atoms with Crippen LogP contribution in [0.15, 0.2) is 18.2 Å². The Morgan fingerprint density at radius 3 is 2.41 bits per heavy atom. The third kappa shape index (κ3) is 4.83. The fraction of sp³-hybridized carbons (Fsp3) is 0.455.